The lowest BCUT2D eigenvalue weighted by molar-refractivity contribution is 0.596. The lowest BCUT2D eigenvalue weighted by Gasteiger charge is -2.21. The van der Waals surface area contributed by atoms with Crippen LogP contribution in [0, 0.1) is 6.92 Å². The molecular formula is C27H25N3O3S. The molecule has 0 saturated heterocycles. The normalized spacial score (nSPS) is 12.6. The second-order valence-electron chi connectivity index (χ2n) is 8.21. The molecule has 0 amide bonds. The average molecular weight is 472 g/mol. The number of aromatic nitrogens is 1. The van der Waals surface area contributed by atoms with Gasteiger partial charge in [-0.25, -0.2) is 4.98 Å². The molecule has 0 aromatic heterocycles. The van der Waals surface area contributed by atoms with E-state index < -0.39 is 10.0 Å². The van der Waals surface area contributed by atoms with Crippen molar-refractivity contribution in [2.45, 2.75) is 25.7 Å². The Morgan fingerprint density at radius 3 is 2.32 bits per heavy atom. The summed E-state index contributed by atoms with van der Waals surface area (Å²) in [4.78, 5) is 7.24. The van der Waals surface area contributed by atoms with Gasteiger partial charge in [0.1, 0.15) is 11.2 Å². The van der Waals surface area contributed by atoms with Gasteiger partial charge in [-0.05, 0) is 45.0 Å². The van der Waals surface area contributed by atoms with Gasteiger partial charge in [0.2, 0.25) is 0 Å². The van der Waals surface area contributed by atoms with E-state index in [-0.39, 0.29) is 4.90 Å². The van der Waals surface area contributed by atoms with E-state index in [9.17, 15) is 8.42 Å². The molecule has 0 fully saturated rings. The van der Waals surface area contributed by atoms with Gasteiger partial charge in [-0.3, -0.25) is 0 Å². The molecule has 0 N–H and O–H groups in total. The number of nitrogens with zero attached hydrogens (tertiary/aromatic N) is 3. The third-order valence-electron chi connectivity index (χ3n) is 6.02. The van der Waals surface area contributed by atoms with Crippen molar-refractivity contribution >= 4 is 37.6 Å². The molecule has 1 aliphatic carbocycles. The van der Waals surface area contributed by atoms with Crippen LogP contribution in [-0.2, 0) is 10.0 Å². The van der Waals surface area contributed by atoms with Crippen LogP contribution < -0.4 is 10.3 Å². The topological polar surface area (TPSA) is 75.8 Å². The number of aryl methyl sites for hydroxylation is 1. The molecule has 1 heterocycles. The summed E-state index contributed by atoms with van der Waals surface area (Å²) >= 11 is 0. The first-order valence-corrected chi connectivity index (χ1v) is 12.7. The molecular weight excluding hydrogens is 446 g/mol. The summed E-state index contributed by atoms with van der Waals surface area (Å²) in [7, 11) is -3.90. The molecule has 34 heavy (non-hydrogen) atoms. The predicted molar refractivity (Wildman–Crippen MR) is 136 cm³/mol. The zero-order valence-corrected chi connectivity index (χ0v) is 20.1. The van der Waals surface area contributed by atoms with Crippen LogP contribution in [0.2, 0.25) is 0 Å². The Labute approximate surface area is 198 Å². The third-order valence-corrected chi connectivity index (χ3v) is 7.33. The van der Waals surface area contributed by atoms with Crippen LogP contribution in [0.1, 0.15) is 19.4 Å². The Balaban J connectivity index is 1.78. The standard InChI is InChI=1S/C27H25N3O3S/c1-4-30(5-2)19-12-15-23-25(16-19)33-26-17-24(21-8-6-7-9-22(21)27(26)28-23)29-34(31,32)20-13-10-18(3)11-14-20/h6-17H,4-5H2,1-3H3/b29-24-. The Bertz CT molecular complexity index is 1650. The number of anilines is 1. The highest BCUT2D eigenvalue weighted by molar-refractivity contribution is 7.90. The fourth-order valence-corrected chi connectivity index (χ4v) is 5.17. The Morgan fingerprint density at radius 2 is 1.62 bits per heavy atom. The third kappa shape index (κ3) is 3.92. The van der Waals surface area contributed by atoms with E-state index in [1.807, 2.05) is 49.4 Å². The van der Waals surface area contributed by atoms with Gasteiger partial charge < -0.3 is 9.32 Å². The number of fused-ring (bicyclic) bond motifs is 4. The van der Waals surface area contributed by atoms with Crippen molar-refractivity contribution in [3.63, 3.8) is 0 Å². The van der Waals surface area contributed by atoms with E-state index in [2.05, 4.69) is 23.1 Å². The highest BCUT2D eigenvalue weighted by Gasteiger charge is 2.18. The summed E-state index contributed by atoms with van der Waals surface area (Å²) < 4.78 is 36.6. The minimum atomic E-state index is -3.90. The zero-order chi connectivity index (χ0) is 23.9. The maximum Gasteiger partial charge on any atom is 0.282 e. The molecule has 0 bridgehead atoms. The molecule has 1 aliphatic heterocycles. The second-order valence-corrected chi connectivity index (χ2v) is 9.81. The molecule has 6 nitrogen and oxygen atoms in total. The van der Waals surface area contributed by atoms with E-state index >= 15 is 0 Å². The van der Waals surface area contributed by atoms with Crippen LogP contribution in [0.4, 0.5) is 5.69 Å². The van der Waals surface area contributed by atoms with Gasteiger partial charge in [0.25, 0.3) is 10.0 Å². The first-order chi connectivity index (χ1) is 16.4. The maximum atomic E-state index is 13.1. The highest BCUT2D eigenvalue weighted by atomic mass is 32.2. The molecule has 0 radical (unpaired) electrons. The molecule has 0 atom stereocenters. The molecule has 0 unspecified atom stereocenters. The van der Waals surface area contributed by atoms with E-state index in [4.69, 9.17) is 9.40 Å². The number of rotatable bonds is 5. The minimum absolute atomic E-state index is 0.153. The lowest BCUT2D eigenvalue weighted by Crippen LogP contribution is -2.21. The molecule has 3 aromatic carbocycles. The number of hydrogen-bond acceptors (Lipinski definition) is 5. The van der Waals surface area contributed by atoms with Crippen LogP contribution in [0.25, 0.3) is 33.3 Å². The van der Waals surface area contributed by atoms with Crippen molar-refractivity contribution in [3.8, 4) is 11.5 Å². The highest BCUT2D eigenvalue weighted by Crippen LogP contribution is 2.32. The van der Waals surface area contributed by atoms with Gasteiger partial charge in [0.05, 0.1) is 10.3 Å². The van der Waals surface area contributed by atoms with Gasteiger partial charge in [-0.1, -0.05) is 42.0 Å². The van der Waals surface area contributed by atoms with Crippen LogP contribution in [0.3, 0.4) is 0 Å². The quantitative estimate of drug-likeness (QED) is 0.249. The molecule has 5 rings (SSSR count). The summed E-state index contributed by atoms with van der Waals surface area (Å²) in [6.07, 6.45) is 0. The Hall–Kier alpha value is -3.71. The maximum absolute atomic E-state index is 13.1. The second kappa shape index (κ2) is 8.57. The smallest absolute Gasteiger partial charge is 0.282 e. The van der Waals surface area contributed by atoms with Crippen molar-refractivity contribution in [2.75, 3.05) is 18.0 Å². The van der Waals surface area contributed by atoms with Crippen molar-refractivity contribution < 1.29 is 12.8 Å². The summed E-state index contributed by atoms with van der Waals surface area (Å²) in [5, 5.41) is 1.82. The summed E-state index contributed by atoms with van der Waals surface area (Å²) in [6.45, 7) is 7.89. The SMILES string of the molecule is CCN(CC)c1ccc2nc3c4ccccc4/c(=N\S(=O)(=O)c4ccc(C)cc4)cc-3oc2c1. The molecule has 0 spiro atoms. The first kappa shape index (κ1) is 22.1. The minimum Gasteiger partial charge on any atom is -0.453 e. The van der Waals surface area contributed by atoms with Crippen molar-refractivity contribution in [2.24, 2.45) is 4.40 Å². The van der Waals surface area contributed by atoms with Crippen LogP contribution in [-0.4, -0.2) is 26.5 Å². The lowest BCUT2D eigenvalue weighted by atomic mass is 10.0. The fraction of sp³-hybridized carbons (Fsp3) is 0.185. The van der Waals surface area contributed by atoms with Gasteiger partial charge in [0, 0.05) is 41.7 Å². The summed E-state index contributed by atoms with van der Waals surface area (Å²) in [5.74, 6) is 0.487. The predicted octanol–water partition coefficient (Wildman–Crippen LogP) is 5.53. The monoisotopic (exact) mass is 471 g/mol. The summed E-state index contributed by atoms with van der Waals surface area (Å²) in [6, 6.07) is 21.8. The fourth-order valence-electron chi connectivity index (χ4n) is 4.18. The molecule has 3 aromatic rings. The van der Waals surface area contributed by atoms with Gasteiger partial charge in [0.15, 0.2) is 11.3 Å². The van der Waals surface area contributed by atoms with E-state index in [0.29, 0.717) is 27.8 Å². The Morgan fingerprint density at radius 1 is 0.912 bits per heavy atom. The number of sulfonamides is 1. The molecule has 0 saturated carbocycles. The van der Waals surface area contributed by atoms with Crippen LogP contribution in [0.15, 0.2) is 86.5 Å². The largest absolute Gasteiger partial charge is 0.453 e. The number of benzene rings is 4. The van der Waals surface area contributed by atoms with Gasteiger partial charge >= 0.3 is 0 Å². The van der Waals surface area contributed by atoms with E-state index in [1.54, 1.807) is 30.3 Å². The van der Waals surface area contributed by atoms with Gasteiger partial charge in [-0.2, -0.15) is 12.8 Å². The van der Waals surface area contributed by atoms with Crippen molar-refractivity contribution in [1.29, 1.82) is 0 Å². The molecule has 172 valence electrons. The van der Waals surface area contributed by atoms with Crippen molar-refractivity contribution in [1.82, 2.24) is 4.98 Å². The molecule has 7 heteroatoms. The van der Waals surface area contributed by atoms with E-state index in [1.165, 1.54) is 0 Å². The van der Waals surface area contributed by atoms with Gasteiger partial charge in [-0.15, -0.1) is 0 Å². The molecule has 2 aliphatic rings. The van der Waals surface area contributed by atoms with Crippen molar-refractivity contribution in [3.05, 3.63) is 83.7 Å². The van der Waals surface area contributed by atoms with Crippen LogP contribution in [0.5, 0.6) is 0 Å². The van der Waals surface area contributed by atoms with E-state index in [0.717, 1.165) is 35.2 Å². The average Bonchev–Trinajstić information content (AvgIpc) is 2.84. The zero-order valence-electron chi connectivity index (χ0n) is 19.3. The number of hydrogen-bond donors (Lipinski definition) is 0. The Kier molecular flexibility index (Phi) is 5.57. The summed E-state index contributed by atoms with van der Waals surface area (Å²) in [5.41, 5.74) is 4.08. The van der Waals surface area contributed by atoms with Crippen LogP contribution >= 0.6 is 0 Å². The first-order valence-electron chi connectivity index (χ1n) is 11.3.